The molecule has 0 aromatic rings. The van der Waals surface area contributed by atoms with Crippen LogP contribution in [0.4, 0.5) is 0 Å². The zero-order valence-electron chi connectivity index (χ0n) is 50.0. The number of hydroxylamine groups is 8. The van der Waals surface area contributed by atoms with Crippen LogP contribution in [0.15, 0.2) is 0 Å². The molecule has 4 aliphatic heterocycles. The molecule has 4 atom stereocenters. The summed E-state index contributed by atoms with van der Waals surface area (Å²) in [5, 5.41) is 45.3. The predicted octanol–water partition coefficient (Wildman–Crippen LogP) is 9.31. The first-order valence-corrected chi connectivity index (χ1v) is 27.0. The van der Waals surface area contributed by atoms with Gasteiger partial charge in [-0.2, -0.15) is 20.3 Å². The van der Waals surface area contributed by atoms with E-state index < -0.39 is 80.4 Å². The van der Waals surface area contributed by atoms with Crippen LogP contribution in [0.5, 0.6) is 0 Å². The van der Waals surface area contributed by atoms with Crippen molar-refractivity contribution in [1.29, 1.82) is 0 Å². The fraction of sp³-hybridized carbons (Fsp3) is 0.873. The van der Waals surface area contributed by atoms with Crippen LogP contribution in [0, 0.1) is 23.7 Å². The third kappa shape index (κ3) is 18.6. The van der Waals surface area contributed by atoms with Crippen molar-refractivity contribution in [2.24, 2.45) is 23.7 Å². The van der Waals surface area contributed by atoms with Gasteiger partial charge in [0.25, 0.3) is 0 Å². The number of hydrogen-bond acceptors (Lipinski definition) is 21. The van der Waals surface area contributed by atoms with E-state index in [1.807, 2.05) is 76.2 Å². The molecule has 4 fully saturated rings. The van der Waals surface area contributed by atoms with E-state index in [9.17, 15) is 54.4 Å². The third-order valence-corrected chi connectivity index (χ3v) is 15.6. The van der Waals surface area contributed by atoms with Crippen LogP contribution in [0.3, 0.4) is 0 Å². The van der Waals surface area contributed by atoms with Gasteiger partial charge in [0, 0.05) is 47.3 Å². The van der Waals surface area contributed by atoms with Crippen LogP contribution in [-0.2, 0) is 62.0 Å². The molecule has 76 heavy (non-hydrogen) atoms. The zero-order valence-corrected chi connectivity index (χ0v) is 50.0. The molecule has 0 aromatic carbocycles. The molecule has 4 aliphatic rings. The van der Waals surface area contributed by atoms with Gasteiger partial charge in [-0.15, -0.1) is 0 Å². The number of ether oxygens (including phenoxy) is 6. The number of carbonyl (C=O) groups is 7. The molecule has 0 saturated carbocycles. The van der Waals surface area contributed by atoms with Crippen molar-refractivity contribution in [3.63, 3.8) is 0 Å². The number of Topliss-reactive ketones (excluding diaryl/α,β-unsaturated/α-hetero) is 1. The Labute approximate surface area is 453 Å². The van der Waals surface area contributed by atoms with Gasteiger partial charge in [0.2, 0.25) is 20.4 Å². The molecule has 21 heteroatoms. The summed E-state index contributed by atoms with van der Waals surface area (Å²) in [4.78, 5) is 81.5. The number of carbonyl (C=O) groups excluding carboxylic acids is 7. The summed E-state index contributed by atoms with van der Waals surface area (Å²) >= 11 is 0. The predicted molar refractivity (Wildman–Crippen MR) is 280 cm³/mol. The standard InChI is InChI=1S/C17H31NO5.C15H27NO5.C13H23NO5.C10H19NO2/c1-6-7-8-9-10-14(19)22-12-23-15(20)13-11-16(2,3)18(21)17(13,4)5;1-6-7-8-12(17)20-10-21-13(18)11-9-14(2,3)16(19)15(11,4)5;1-6-10(15)18-8-19-11(16)9-7-12(2,3)14(17)13(9,4)5;1-7(12)8-6-9(2,3)11(13)10(8,4)5/h13,21H,6-12H2,1-5H3;11,19H,6-10H2,1-5H3;9,17H,6-8H2,1-5H3;8,13H,6H2,1-5H3. The third-order valence-electron chi connectivity index (χ3n) is 15.6. The fourth-order valence-corrected chi connectivity index (χ4v) is 10.8. The first kappa shape index (κ1) is 70.2. The Morgan fingerprint density at radius 2 is 0.645 bits per heavy atom. The monoisotopic (exact) mass is 1090 g/mol. The molecular weight excluding hydrogens is 989 g/mol. The first-order valence-electron chi connectivity index (χ1n) is 27.0. The van der Waals surface area contributed by atoms with E-state index >= 15 is 0 Å². The van der Waals surface area contributed by atoms with E-state index in [-0.39, 0.29) is 56.0 Å². The second-order valence-electron chi connectivity index (χ2n) is 25.3. The largest absolute Gasteiger partial charge is 0.428 e. The second kappa shape index (κ2) is 28.4. The molecule has 0 radical (unpaired) electrons. The Hall–Kier alpha value is -3.83. The molecule has 4 saturated heterocycles. The molecule has 4 N–H and O–H groups in total. The smallest absolute Gasteiger partial charge is 0.313 e. The quantitative estimate of drug-likeness (QED) is 0.0406. The summed E-state index contributed by atoms with van der Waals surface area (Å²) in [5.41, 5.74) is -4.36. The minimum Gasteiger partial charge on any atom is -0.428 e. The maximum atomic E-state index is 12.2. The lowest BCUT2D eigenvalue weighted by Crippen LogP contribution is -2.48. The Bertz CT molecular complexity index is 1950. The van der Waals surface area contributed by atoms with Crippen molar-refractivity contribution >= 4 is 41.6 Å². The van der Waals surface area contributed by atoms with Crippen molar-refractivity contribution in [3.05, 3.63) is 0 Å². The van der Waals surface area contributed by atoms with Crippen LogP contribution >= 0.6 is 0 Å². The second-order valence-corrected chi connectivity index (χ2v) is 25.3. The van der Waals surface area contributed by atoms with Crippen molar-refractivity contribution in [1.82, 2.24) is 20.3 Å². The van der Waals surface area contributed by atoms with Gasteiger partial charge < -0.3 is 49.3 Å². The van der Waals surface area contributed by atoms with E-state index in [0.29, 0.717) is 32.1 Å². The lowest BCUT2D eigenvalue weighted by Gasteiger charge is -2.35. The molecule has 4 rings (SSSR count). The average molecular weight is 1090 g/mol. The van der Waals surface area contributed by atoms with E-state index in [1.165, 1.54) is 20.3 Å². The van der Waals surface area contributed by atoms with Gasteiger partial charge in [-0.3, -0.25) is 33.6 Å². The number of nitrogens with zero attached hydrogens (tertiary/aromatic N) is 4. The summed E-state index contributed by atoms with van der Waals surface area (Å²) in [7, 11) is 0. The number of esters is 6. The summed E-state index contributed by atoms with van der Waals surface area (Å²) in [5.74, 6) is -3.77. The summed E-state index contributed by atoms with van der Waals surface area (Å²) < 4.78 is 29.6. The minimum atomic E-state index is -0.718. The van der Waals surface area contributed by atoms with E-state index in [1.54, 1.807) is 55.4 Å². The maximum absolute atomic E-state index is 12.2. The topological polar surface area (TPSA) is 269 Å². The molecule has 21 nitrogen and oxygen atoms in total. The highest BCUT2D eigenvalue weighted by Gasteiger charge is 2.57. The van der Waals surface area contributed by atoms with Crippen LogP contribution in [0.1, 0.15) is 222 Å². The number of rotatable bonds is 19. The highest BCUT2D eigenvalue weighted by molar-refractivity contribution is 5.80. The number of unbranched alkanes of at least 4 members (excludes halogenated alkanes) is 4. The molecule has 0 amide bonds. The van der Waals surface area contributed by atoms with Crippen LogP contribution in [0.25, 0.3) is 0 Å². The van der Waals surface area contributed by atoms with Crippen LogP contribution in [0.2, 0.25) is 0 Å². The number of ketones is 1. The molecule has 442 valence electrons. The molecule has 0 aliphatic carbocycles. The Morgan fingerprint density at radius 1 is 0.382 bits per heavy atom. The van der Waals surface area contributed by atoms with Gasteiger partial charge in [0.05, 0.1) is 39.9 Å². The summed E-state index contributed by atoms with van der Waals surface area (Å²) in [6.07, 6.45) is 8.79. The SMILES string of the molecule is CC(=O)C1CC(C)(C)N(O)C1(C)C.CCC(=O)OCOC(=O)C1CC(C)(C)N(O)C1(C)C.CCCCC(=O)OCOC(=O)C1CC(C)(C)N(O)C1(C)C.CCCCCCC(=O)OCOC(=O)C1CC(C)(C)N(O)C1(C)C. The highest BCUT2D eigenvalue weighted by atomic mass is 16.7. The minimum absolute atomic E-state index is 0.0625. The highest BCUT2D eigenvalue weighted by Crippen LogP contribution is 2.47. The van der Waals surface area contributed by atoms with Crippen LogP contribution < -0.4 is 0 Å². The number of hydrogen-bond donors (Lipinski definition) is 4. The molecule has 4 heterocycles. The van der Waals surface area contributed by atoms with E-state index in [2.05, 4.69) is 6.92 Å². The summed E-state index contributed by atoms with van der Waals surface area (Å²) in [6, 6.07) is 0. The van der Waals surface area contributed by atoms with E-state index in [0.717, 1.165) is 44.9 Å². The lowest BCUT2D eigenvalue weighted by molar-refractivity contribution is -0.202. The van der Waals surface area contributed by atoms with Gasteiger partial charge >= 0.3 is 35.8 Å². The average Bonchev–Trinajstić information content (AvgIpc) is 3.77. The van der Waals surface area contributed by atoms with Gasteiger partial charge in [0.15, 0.2) is 0 Å². The Morgan fingerprint density at radius 3 is 0.868 bits per heavy atom. The van der Waals surface area contributed by atoms with Crippen LogP contribution in [-0.4, -0.2) is 147 Å². The van der Waals surface area contributed by atoms with Crippen molar-refractivity contribution in [2.75, 3.05) is 20.4 Å². The molecule has 0 bridgehead atoms. The molecule has 4 unspecified atom stereocenters. The van der Waals surface area contributed by atoms with E-state index in [4.69, 9.17) is 28.4 Å². The zero-order chi connectivity index (χ0) is 59.2. The fourth-order valence-electron chi connectivity index (χ4n) is 10.8. The normalized spacial score (nSPS) is 25.2. The first-order chi connectivity index (χ1) is 34.6. The molecule has 0 spiro atoms. The van der Waals surface area contributed by atoms with Gasteiger partial charge in [0.1, 0.15) is 5.78 Å². The van der Waals surface area contributed by atoms with Crippen molar-refractivity contribution in [2.45, 2.75) is 266 Å². The van der Waals surface area contributed by atoms with Gasteiger partial charge in [-0.1, -0.05) is 46.5 Å². The maximum Gasteiger partial charge on any atom is 0.313 e. The van der Waals surface area contributed by atoms with Gasteiger partial charge in [-0.05, 0) is 156 Å². The van der Waals surface area contributed by atoms with Gasteiger partial charge in [-0.25, -0.2) is 0 Å². The van der Waals surface area contributed by atoms with Crippen molar-refractivity contribution in [3.8, 4) is 0 Å². The molecular formula is C55H100N4O17. The lowest BCUT2D eigenvalue weighted by atomic mass is 9.84. The van der Waals surface area contributed by atoms with Crippen molar-refractivity contribution < 1.29 is 82.8 Å². The molecule has 0 aromatic heterocycles. The Kier molecular flexibility index (Phi) is 26.2. The summed E-state index contributed by atoms with van der Waals surface area (Å²) in [6.45, 7) is 36.0. The Balaban J connectivity index is 0.000000515.